The summed E-state index contributed by atoms with van der Waals surface area (Å²) in [5, 5.41) is 10.4. The number of hydrogen-bond acceptors (Lipinski definition) is 3. The molecule has 0 radical (unpaired) electrons. The Kier molecular flexibility index (Phi) is 3.76. The molecule has 0 bridgehead atoms. The zero-order valence-corrected chi connectivity index (χ0v) is 12.4. The Hall–Kier alpha value is -1.39. The predicted octanol–water partition coefficient (Wildman–Crippen LogP) is 3.76. The van der Waals surface area contributed by atoms with Crippen molar-refractivity contribution < 1.29 is 9.90 Å². The van der Waals surface area contributed by atoms with Gasteiger partial charge in [-0.1, -0.05) is 18.2 Å². The van der Waals surface area contributed by atoms with Gasteiger partial charge in [-0.3, -0.25) is 9.69 Å². The van der Waals surface area contributed by atoms with Crippen LogP contribution < -0.4 is 0 Å². The van der Waals surface area contributed by atoms with Crippen LogP contribution in [0.15, 0.2) is 30.3 Å². The molecule has 20 heavy (non-hydrogen) atoms. The normalized spacial score (nSPS) is 19.2. The zero-order valence-electron chi connectivity index (χ0n) is 11.6. The van der Waals surface area contributed by atoms with E-state index in [4.69, 9.17) is 5.11 Å². The van der Waals surface area contributed by atoms with Gasteiger partial charge in [0, 0.05) is 15.6 Å². The summed E-state index contributed by atoms with van der Waals surface area (Å²) >= 11 is 1.85. The Balaban J connectivity index is 1.73. The van der Waals surface area contributed by atoms with Crippen molar-refractivity contribution in [2.45, 2.75) is 25.8 Å². The van der Waals surface area contributed by atoms with Crippen molar-refractivity contribution in [1.29, 1.82) is 0 Å². The third-order valence-corrected chi connectivity index (χ3v) is 5.57. The van der Waals surface area contributed by atoms with Gasteiger partial charge < -0.3 is 5.11 Å². The number of fused-ring (bicyclic) bond motifs is 1. The van der Waals surface area contributed by atoms with Gasteiger partial charge in [0.25, 0.3) is 0 Å². The minimum atomic E-state index is -0.640. The highest BCUT2D eigenvalue weighted by Crippen LogP contribution is 2.34. The highest BCUT2D eigenvalue weighted by Gasteiger charge is 2.27. The van der Waals surface area contributed by atoms with Crippen molar-refractivity contribution in [2.75, 3.05) is 13.1 Å². The van der Waals surface area contributed by atoms with Crippen LogP contribution in [-0.2, 0) is 4.79 Å². The van der Waals surface area contributed by atoms with Gasteiger partial charge in [0.05, 0.1) is 5.92 Å². The Morgan fingerprint density at radius 1 is 1.35 bits per heavy atom. The molecular formula is C16H19NO2S. The molecule has 2 aromatic rings. The predicted molar refractivity (Wildman–Crippen MR) is 82.2 cm³/mol. The van der Waals surface area contributed by atoms with Gasteiger partial charge in [0.2, 0.25) is 0 Å². The van der Waals surface area contributed by atoms with Gasteiger partial charge in [0.15, 0.2) is 0 Å². The van der Waals surface area contributed by atoms with Crippen LogP contribution in [-0.4, -0.2) is 29.1 Å². The van der Waals surface area contributed by atoms with Crippen molar-refractivity contribution >= 4 is 27.4 Å². The van der Waals surface area contributed by atoms with E-state index in [9.17, 15) is 4.79 Å². The van der Waals surface area contributed by atoms with Crippen LogP contribution in [0.3, 0.4) is 0 Å². The average Bonchev–Trinajstić information content (AvgIpc) is 2.90. The molecule has 1 unspecified atom stereocenters. The summed E-state index contributed by atoms with van der Waals surface area (Å²) in [6, 6.07) is 11.1. The molecule has 0 amide bonds. The van der Waals surface area contributed by atoms with Crippen LogP contribution in [0.2, 0.25) is 0 Å². The molecule has 1 atom stereocenters. The summed E-state index contributed by atoms with van der Waals surface area (Å²) in [7, 11) is 0. The largest absolute Gasteiger partial charge is 0.481 e. The van der Waals surface area contributed by atoms with Crippen LogP contribution >= 0.6 is 11.3 Å². The van der Waals surface area contributed by atoms with Crippen LogP contribution in [0.5, 0.6) is 0 Å². The van der Waals surface area contributed by atoms with E-state index in [0.29, 0.717) is 6.04 Å². The first-order valence-electron chi connectivity index (χ1n) is 7.10. The second kappa shape index (κ2) is 5.54. The summed E-state index contributed by atoms with van der Waals surface area (Å²) < 4.78 is 1.33. The van der Waals surface area contributed by atoms with Gasteiger partial charge in [0.1, 0.15) is 0 Å². The fourth-order valence-corrected chi connectivity index (χ4v) is 4.07. The lowest BCUT2D eigenvalue weighted by Crippen LogP contribution is -2.37. The lowest BCUT2D eigenvalue weighted by molar-refractivity contribution is -0.143. The van der Waals surface area contributed by atoms with Gasteiger partial charge >= 0.3 is 5.97 Å². The molecule has 1 saturated heterocycles. The van der Waals surface area contributed by atoms with E-state index < -0.39 is 5.97 Å². The number of benzene rings is 1. The van der Waals surface area contributed by atoms with Gasteiger partial charge in [-0.05, 0) is 50.4 Å². The van der Waals surface area contributed by atoms with E-state index in [-0.39, 0.29) is 5.92 Å². The molecule has 1 fully saturated rings. The van der Waals surface area contributed by atoms with E-state index in [0.717, 1.165) is 25.9 Å². The number of carboxylic acid groups (broad SMARTS) is 1. The first kappa shape index (κ1) is 13.6. The molecule has 106 valence electrons. The van der Waals surface area contributed by atoms with Crippen LogP contribution in [0, 0.1) is 5.92 Å². The summed E-state index contributed by atoms with van der Waals surface area (Å²) in [4.78, 5) is 14.8. The molecule has 3 rings (SSSR count). The van der Waals surface area contributed by atoms with E-state index in [2.05, 4.69) is 42.2 Å². The Labute approximate surface area is 122 Å². The third-order valence-electron chi connectivity index (χ3n) is 4.28. The van der Waals surface area contributed by atoms with E-state index in [1.54, 1.807) is 0 Å². The first-order valence-corrected chi connectivity index (χ1v) is 7.92. The standard InChI is InChI=1S/C16H19NO2S/c1-11(17-8-6-12(7-9-17)16(18)19)15-10-13-4-2-3-5-14(13)20-15/h2-5,10-12H,6-9H2,1H3,(H,18,19). The maximum Gasteiger partial charge on any atom is 0.306 e. The molecule has 4 heteroatoms. The van der Waals surface area contributed by atoms with Gasteiger partial charge in [-0.15, -0.1) is 11.3 Å². The van der Waals surface area contributed by atoms with Crippen LogP contribution in [0.1, 0.15) is 30.7 Å². The fourth-order valence-electron chi connectivity index (χ4n) is 2.92. The number of likely N-dealkylation sites (tertiary alicyclic amines) is 1. The number of carbonyl (C=O) groups is 1. The van der Waals surface area contributed by atoms with Crippen molar-refractivity contribution in [3.05, 3.63) is 35.2 Å². The molecule has 0 spiro atoms. The van der Waals surface area contributed by atoms with E-state index in [1.807, 2.05) is 11.3 Å². The molecule has 0 saturated carbocycles. The molecular weight excluding hydrogens is 270 g/mol. The topological polar surface area (TPSA) is 40.5 Å². The van der Waals surface area contributed by atoms with Crippen molar-refractivity contribution in [3.8, 4) is 0 Å². The van der Waals surface area contributed by atoms with E-state index in [1.165, 1.54) is 15.0 Å². The quantitative estimate of drug-likeness (QED) is 0.935. The molecule has 0 aliphatic carbocycles. The Morgan fingerprint density at radius 3 is 2.70 bits per heavy atom. The highest BCUT2D eigenvalue weighted by molar-refractivity contribution is 7.19. The molecule has 1 N–H and O–H groups in total. The minimum Gasteiger partial charge on any atom is -0.481 e. The van der Waals surface area contributed by atoms with E-state index >= 15 is 0 Å². The maximum absolute atomic E-state index is 11.0. The smallest absolute Gasteiger partial charge is 0.306 e. The summed E-state index contributed by atoms with van der Waals surface area (Å²) in [6.45, 7) is 3.99. The average molecular weight is 289 g/mol. The van der Waals surface area contributed by atoms with Crippen molar-refractivity contribution in [1.82, 2.24) is 4.90 Å². The zero-order chi connectivity index (χ0) is 14.1. The van der Waals surface area contributed by atoms with Crippen molar-refractivity contribution in [2.24, 2.45) is 5.92 Å². The third kappa shape index (κ3) is 2.58. The minimum absolute atomic E-state index is 0.152. The number of thiophene rings is 1. The second-order valence-electron chi connectivity index (χ2n) is 5.51. The molecule has 1 aliphatic heterocycles. The molecule has 1 aromatic heterocycles. The van der Waals surface area contributed by atoms with Crippen LogP contribution in [0.4, 0.5) is 0 Å². The second-order valence-corrected chi connectivity index (χ2v) is 6.63. The number of nitrogens with zero attached hydrogens (tertiary/aromatic N) is 1. The summed E-state index contributed by atoms with van der Waals surface area (Å²) in [5.41, 5.74) is 0. The lowest BCUT2D eigenvalue weighted by atomic mass is 9.96. The Bertz CT molecular complexity index is 581. The van der Waals surface area contributed by atoms with Crippen molar-refractivity contribution in [3.63, 3.8) is 0 Å². The Morgan fingerprint density at radius 2 is 2.05 bits per heavy atom. The molecule has 1 aromatic carbocycles. The van der Waals surface area contributed by atoms with Gasteiger partial charge in [-0.25, -0.2) is 0 Å². The maximum atomic E-state index is 11.0. The van der Waals surface area contributed by atoms with Crippen LogP contribution in [0.25, 0.3) is 10.1 Å². The van der Waals surface area contributed by atoms with Gasteiger partial charge in [-0.2, -0.15) is 0 Å². The summed E-state index contributed by atoms with van der Waals surface area (Å²) in [5.74, 6) is -0.792. The monoisotopic (exact) mass is 289 g/mol. The first-order chi connectivity index (χ1) is 9.65. The fraction of sp³-hybridized carbons (Fsp3) is 0.438. The summed E-state index contributed by atoms with van der Waals surface area (Å²) in [6.07, 6.45) is 1.54. The molecule has 1 aliphatic rings. The number of piperidine rings is 1. The lowest BCUT2D eigenvalue weighted by Gasteiger charge is -2.34. The SMILES string of the molecule is CC(c1cc2ccccc2s1)N1CCC(C(=O)O)CC1. The molecule has 2 heterocycles. The molecule has 3 nitrogen and oxygen atoms in total. The number of carboxylic acids is 1. The highest BCUT2D eigenvalue weighted by atomic mass is 32.1. The number of aliphatic carboxylic acids is 1. The number of rotatable bonds is 3. The number of hydrogen-bond donors (Lipinski definition) is 1.